The van der Waals surface area contributed by atoms with Gasteiger partial charge in [-0.1, -0.05) is 18.9 Å². The van der Waals surface area contributed by atoms with Crippen LogP contribution in [0.5, 0.6) is 0 Å². The maximum atomic E-state index is 14.3. The molecule has 132 valence electrons. The molecular weight excluding hydrogens is 332 g/mol. The Morgan fingerprint density at radius 1 is 1.16 bits per heavy atom. The van der Waals surface area contributed by atoms with Gasteiger partial charge in [0.15, 0.2) is 0 Å². The quantitative estimate of drug-likeness (QED) is 0.867. The Morgan fingerprint density at radius 2 is 1.88 bits per heavy atom. The van der Waals surface area contributed by atoms with Crippen molar-refractivity contribution < 1.29 is 27.9 Å². The van der Waals surface area contributed by atoms with Crippen LogP contribution in [0, 0.1) is 11.6 Å². The van der Waals surface area contributed by atoms with Crippen molar-refractivity contribution in [3.05, 3.63) is 59.1 Å². The molecule has 0 atom stereocenters. The first-order valence-corrected chi connectivity index (χ1v) is 7.98. The number of halogens is 2. The second kappa shape index (κ2) is 6.66. The van der Waals surface area contributed by atoms with Gasteiger partial charge < -0.3 is 14.8 Å². The average molecular weight is 349 g/mol. The van der Waals surface area contributed by atoms with E-state index >= 15 is 0 Å². The van der Waals surface area contributed by atoms with Gasteiger partial charge in [0.2, 0.25) is 11.7 Å². The number of rotatable bonds is 5. The van der Waals surface area contributed by atoms with Crippen molar-refractivity contribution in [3.8, 4) is 0 Å². The highest BCUT2D eigenvalue weighted by atomic mass is 19.1. The largest absolute Gasteiger partial charge is 0.475 e. The number of carbonyl (C=O) groups is 2. The van der Waals surface area contributed by atoms with Crippen LogP contribution in [0.1, 0.15) is 47.6 Å². The normalized spacial score (nSPS) is 15.9. The number of nitrogens with one attached hydrogen (secondary N) is 1. The number of aromatic carboxylic acids is 1. The van der Waals surface area contributed by atoms with Gasteiger partial charge >= 0.3 is 5.97 Å². The SMILES string of the molecule is O=C(O)c1ccc(CNC(=O)C2(c3ccc(F)cc3F)CCCC2)o1. The first kappa shape index (κ1) is 17.1. The second-order valence-corrected chi connectivity index (χ2v) is 6.17. The molecule has 2 aromatic rings. The molecular formula is C18H17F2NO4. The molecule has 1 aromatic heterocycles. The van der Waals surface area contributed by atoms with E-state index in [0.717, 1.165) is 25.0 Å². The molecule has 1 saturated carbocycles. The highest BCUT2D eigenvalue weighted by Gasteiger charge is 2.44. The summed E-state index contributed by atoms with van der Waals surface area (Å²) in [5.74, 6) is -2.92. The standard InChI is InChI=1S/C18H17F2NO4/c19-11-3-5-13(14(20)9-11)18(7-1-2-8-18)17(24)21-10-12-4-6-15(25-12)16(22)23/h3-6,9H,1-2,7-8,10H2,(H,21,24)(H,22,23). The van der Waals surface area contributed by atoms with Crippen LogP contribution in [0.2, 0.25) is 0 Å². The van der Waals surface area contributed by atoms with Gasteiger partial charge in [-0.2, -0.15) is 0 Å². The zero-order valence-electron chi connectivity index (χ0n) is 13.4. The van der Waals surface area contributed by atoms with Gasteiger partial charge in [0.1, 0.15) is 17.4 Å². The molecule has 0 bridgehead atoms. The van der Waals surface area contributed by atoms with Crippen molar-refractivity contribution in [1.29, 1.82) is 0 Å². The van der Waals surface area contributed by atoms with Crippen molar-refractivity contribution in [1.82, 2.24) is 5.32 Å². The third-order valence-electron chi connectivity index (χ3n) is 4.63. The van der Waals surface area contributed by atoms with E-state index in [1.165, 1.54) is 18.2 Å². The number of carboxylic acids is 1. The van der Waals surface area contributed by atoms with Crippen LogP contribution in [0.15, 0.2) is 34.7 Å². The van der Waals surface area contributed by atoms with E-state index in [2.05, 4.69) is 5.32 Å². The van der Waals surface area contributed by atoms with Gasteiger partial charge in [-0.3, -0.25) is 4.79 Å². The number of carboxylic acid groups (broad SMARTS) is 1. The maximum Gasteiger partial charge on any atom is 0.371 e. The number of benzene rings is 1. The number of amides is 1. The number of hydrogen-bond donors (Lipinski definition) is 2. The minimum absolute atomic E-state index is 0.00330. The molecule has 25 heavy (non-hydrogen) atoms. The van der Waals surface area contributed by atoms with Crippen LogP contribution in [0.4, 0.5) is 8.78 Å². The summed E-state index contributed by atoms with van der Waals surface area (Å²) in [5.41, 5.74) is -0.852. The molecule has 0 radical (unpaired) electrons. The van der Waals surface area contributed by atoms with E-state index in [1.807, 2.05) is 0 Å². The lowest BCUT2D eigenvalue weighted by Crippen LogP contribution is -2.42. The van der Waals surface area contributed by atoms with E-state index in [9.17, 15) is 18.4 Å². The minimum Gasteiger partial charge on any atom is -0.475 e. The molecule has 3 rings (SSSR count). The van der Waals surface area contributed by atoms with E-state index in [0.29, 0.717) is 18.6 Å². The predicted octanol–water partition coefficient (Wildman–Crippen LogP) is 3.38. The summed E-state index contributed by atoms with van der Waals surface area (Å²) in [6, 6.07) is 6.02. The first-order valence-electron chi connectivity index (χ1n) is 7.98. The summed E-state index contributed by atoms with van der Waals surface area (Å²) in [4.78, 5) is 23.6. The number of carbonyl (C=O) groups excluding carboxylic acids is 1. The lowest BCUT2D eigenvalue weighted by Gasteiger charge is -2.28. The third kappa shape index (κ3) is 3.26. The Hall–Kier alpha value is -2.70. The predicted molar refractivity (Wildman–Crippen MR) is 84.0 cm³/mol. The molecule has 1 heterocycles. The Kier molecular flexibility index (Phi) is 4.57. The van der Waals surface area contributed by atoms with Crippen molar-refractivity contribution in [3.63, 3.8) is 0 Å². The highest BCUT2D eigenvalue weighted by molar-refractivity contribution is 5.88. The Morgan fingerprint density at radius 3 is 2.48 bits per heavy atom. The molecule has 1 amide bonds. The van der Waals surface area contributed by atoms with E-state index in [1.54, 1.807) is 0 Å². The molecule has 1 fully saturated rings. The van der Waals surface area contributed by atoms with Gasteiger partial charge in [0, 0.05) is 11.6 Å². The molecule has 1 aliphatic rings. The van der Waals surface area contributed by atoms with Crippen LogP contribution >= 0.6 is 0 Å². The van der Waals surface area contributed by atoms with Crippen molar-refractivity contribution in [2.75, 3.05) is 0 Å². The van der Waals surface area contributed by atoms with E-state index < -0.39 is 23.0 Å². The summed E-state index contributed by atoms with van der Waals surface area (Å²) in [5, 5.41) is 11.5. The summed E-state index contributed by atoms with van der Waals surface area (Å²) in [6.07, 6.45) is 2.49. The lowest BCUT2D eigenvalue weighted by atomic mass is 9.77. The van der Waals surface area contributed by atoms with Gasteiger partial charge in [-0.05, 0) is 31.0 Å². The summed E-state index contributed by atoms with van der Waals surface area (Å²) >= 11 is 0. The highest BCUT2D eigenvalue weighted by Crippen LogP contribution is 2.42. The topological polar surface area (TPSA) is 79.5 Å². The molecule has 1 aliphatic carbocycles. The third-order valence-corrected chi connectivity index (χ3v) is 4.63. The lowest BCUT2D eigenvalue weighted by molar-refractivity contribution is -0.127. The Bertz CT molecular complexity index is 809. The van der Waals surface area contributed by atoms with Gasteiger partial charge in [0.05, 0.1) is 12.0 Å². The van der Waals surface area contributed by atoms with Crippen molar-refractivity contribution >= 4 is 11.9 Å². The maximum absolute atomic E-state index is 14.3. The monoisotopic (exact) mass is 349 g/mol. The van der Waals surface area contributed by atoms with Gasteiger partial charge in [0.25, 0.3) is 0 Å². The smallest absolute Gasteiger partial charge is 0.371 e. The zero-order valence-corrected chi connectivity index (χ0v) is 13.4. The zero-order chi connectivity index (χ0) is 18.0. The Balaban J connectivity index is 1.80. The molecule has 5 nitrogen and oxygen atoms in total. The van der Waals surface area contributed by atoms with Crippen molar-refractivity contribution in [2.45, 2.75) is 37.6 Å². The Labute approximate surface area is 142 Å². The fourth-order valence-electron chi connectivity index (χ4n) is 3.40. The average Bonchev–Trinajstić information content (AvgIpc) is 3.22. The van der Waals surface area contributed by atoms with E-state index in [-0.39, 0.29) is 23.8 Å². The van der Waals surface area contributed by atoms with E-state index in [4.69, 9.17) is 9.52 Å². The summed E-state index contributed by atoms with van der Waals surface area (Å²) < 4.78 is 32.6. The number of hydrogen-bond acceptors (Lipinski definition) is 3. The summed E-state index contributed by atoms with van der Waals surface area (Å²) in [7, 11) is 0. The first-order chi connectivity index (χ1) is 11.9. The van der Waals surface area contributed by atoms with Crippen LogP contribution in [-0.4, -0.2) is 17.0 Å². The molecule has 7 heteroatoms. The molecule has 0 aliphatic heterocycles. The molecule has 1 aromatic carbocycles. The number of furan rings is 1. The fraction of sp³-hybridized carbons (Fsp3) is 0.333. The molecule has 0 spiro atoms. The minimum atomic E-state index is -1.20. The van der Waals surface area contributed by atoms with Gasteiger partial charge in [-0.25, -0.2) is 13.6 Å². The summed E-state index contributed by atoms with van der Waals surface area (Å²) in [6.45, 7) is -0.00330. The second-order valence-electron chi connectivity index (χ2n) is 6.17. The molecule has 0 saturated heterocycles. The van der Waals surface area contributed by atoms with Crippen LogP contribution in [0.25, 0.3) is 0 Å². The van der Waals surface area contributed by atoms with Crippen molar-refractivity contribution in [2.24, 2.45) is 0 Å². The molecule has 0 unspecified atom stereocenters. The molecule has 2 N–H and O–H groups in total. The van der Waals surface area contributed by atoms with Gasteiger partial charge in [-0.15, -0.1) is 0 Å². The fourth-order valence-corrected chi connectivity index (χ4v) is 3.40. The van der Waals surface area contributed by atoms with Crippen LogP contribution < -0.4 is 5.32 Å². The van der Waals surface area contributed by atoms with Crippen LogP contribution in [-0.2, 0) is 16.8 Å². The van der Waals surface area contributed by atoms with Crippen LogP contribution in [0.3, 0.4) is 0 Å².